The van der Waals surface area contributed by atoms with Gasteiger partial charge in [0.2, 0.25) is 0 Å². The normalized spacial score (nSPS) is 11.8. The van der Waals surface area contributed by atoms with Crippen LogP contribution in [-0.4, -0.2) is 30.4 Å². The zero-order valence-electron chi connectivity index (χ0n) is 22.3. The number of ether oxygens (including phenoxy) is 1. The highest BCUT2D eigenvalue weighted by molar-refractivity contribution is 6.40. The number of halogens is 2. The summed E-state index contributed by atoms with van der Waals surface area (Å²) >= 11 is 12.3. The zero-order valence-corrected chi connectivity index (χ0v) is 23.8. The first-order valence-corrected chi connectivity index (χ1v) is 13.7. The number of amides is 2. The first-order chi connectivity index (χ1) is 19.9. The minimum atomic E-state index is -0.937. The Labute approximate surface area is 249 Å². The van der Waals surface area contributed by atoms with Gasteiger partial charge in [0.15, 0.2) is 0 Å². The van der Waals surface area contributed by atoms with E-state index in [1.807, 2.05) is 60.7 Å². The van der Waals surface area contributed by atoms with Crippen LogP contribution in [0.2, 0.25) is 10.0 Å². The summed E-state index contributed by atoms with van der Waals surface area (Å²) in [4.78, 5) is 39.2. The zero-order chi connectivity index (χ0) is 29.2. The summed E-state index contributed by atoms with van der Waals surface area (Å²) in [7, 11) is 0. The molecule has 1 atom stereocenters. The topological polar surface area (TPSA) is 84.5 Å². The molecule has 0 spiro atoms. The molecule has 0 saturated heterocycles. The van der Waals surface area contributed by atoms with Gasteiger partial charge in [0.25, 0.3) is 11.8 Å². The average molecular weight is 588 g/mol. The molecule has 0 bridgehead atoms. The molecular weight excluding hydrogens is 559 g/mol. The SMILES string of the molecule is CCOC(=O)[C@H](Cc1ccc(NC(=O)c2c(Cl)cccc2Cl)cc1)NC(=O)C(=Cc1ccccc1)c1ccccc1. The molecule has 4 aromatic rings. The third-order valence-corrected chi connectivity index (χ3v) is 6.79. The third-order valence-electron chi connectivity index (χ3n) is 6.16. The summed E-state index contributed by atoms with van der Waals surface area (Å²) in [6.45, 7) is 1.89. The lowest BCUT2D eigenvalue weighted by Gasteiger charge is -2.19. The van der Waals surface area contributed by atoms with Crippen LogP contribution in [-0.2, 0) is 20.7 Å². The molecule has 2 amide bonds. The number of hydrogen-bond donors (Lipinski definition) is 2. The maximum absolute atomic E-state index is 13.6. The maximum Gasteiger partial charge on any atom is 0.328 e. The maximum atomic E-state index is 13.6. The van der Waals surface area contributed by atoms with Gasteiger partial charge in [-0.05, 0) is 54.0 Å². The molecule has 0 saturated carbocycles. The van der Waals surface area contributed by atoms with Crippen molar-refractivity contribution in [3.8, 4) is 0 Å². The summed E-state index contributed by atoms with van der Waals surface area (Å²) in [5.41, 5.74) is 3.44. The van der Waals surface area contributed by atoms with Crippen molar-refractivity contribution in [3.05, 3.63) is 135 Å². The molecule has 41 heavy (non-hydrogen) atoms. The van der Waals surface area contributed by atoms with Gasteiger partial charge in [0.05, 0.1) is 22.2 Å². The van der Waals surface area contributed by atoms with Crippen molar-refractivity contribution in [1.82, 2.24) is 5.32 Å². The van der Waals surface area contributed by atoms with Gasteiger partial charge in [-0.15, -0.1) is 0 Å². The Morgan fingerprint density at radius 2 is 1.41 bits per heavy atom. The van der Waals surface area contributed by atoms with Crippen LogP contribution in [0, 0.1) is 0 Å². The predicted molar refractivity (Wildman–Crippen MR) is 164 cm³/mol. The van der Waals surface area contributed by atoms with E-state index in [9.17, 15) is 14.4 Å². The second kappa shape index (κ2) is 14.3. The van der Waals surface area contributed by atoms with Crippen LogP contribution in [0.1, 0.15) is 34.0 Å². The number of nitrogens with one attached hydrogen (secondary N) is 2. The van der Waals surface area contributed by atoms with Gasteiger partial charge in [-0.3, -0.25) is 9.59 Å². The van der Waals surface area contributed by atoms with E-state index in [-0.39, 0.29) is 28.6 Å². The van der Waals surface area contributed by atoms with Gasteiger partial charge in [0.1, 0.15) is 6.04 Å². The fourth-order valence-electron chi connectivity index (χ4n) is 4.15. The molecular formula is C33H28Cl2N2O4. The van der Waals surface area contributed by atoms with Gasteiger partial charge in [-0.25, -0.2) is 4.79 Å². The molecule has 2 N–H and O–H groups in total. The standard InChI is InChI=1S/C33H28Cl2N2O4/c1-2-41-33(40)29(37-31(38)26(24-12-7-4-8-13-24)20-22-10-5-3-6-11-22)21-23-16-18-25(19-17-23)36-32(39)30-27(34)14-9-15-28(30)35/h3-20,29H,2,21H2,1H3,(H,36,39)(H,37,38)/t29-/m0/s1. The fourth-order valence-corrected chi connectivity index (χ4v) is 4.72. The van der Waals surface area contributed by atoms with E-state index in [4.69, 9.17) is 27.9 Å². The molecule has 0 aromatic heterocycles. The van der Waals surface area contributed by atoms with E-state index in [1.165, 1.54) is 0 Å². The van der Waals surface area contributed by atoms with E-state index in [0.717, 1.165) is 16.7 Å². The summed E-state index contributed by atoms with van der Waals surface area (Å²) < 4.78 is 5.27. The number of rotatable bonds is 10. The van der Waals surface area contributed by atoms with Crippen LogP contribution >= 0.6 is 23.2 Å². The molecule has 208 valence electrons. The molecule has 0 radical (unpaired) electrons. The number of anilines is 1. The van der Waals surface area contributed by atoms with Gasteiger partial charge < -0.3 is 15.4 Å². The van der Waals surface area contributed by atoms with Crippen LogP contribution in [0.15, 0.2) is 103 Å². The van der Waals surface area contributed by atoms with Crippen molar-refractivity contribution in [2.75, 3.05) is 11.9 Å². The first kappa shape index (κ1) is 29.6. The minimum Gasteiger partial charge on any atom is -0.464 e. The second-order valence-corrected chi connectivity index (χ2v) is 9.88. The lowest BCUT2D eigenvalue weighted by Crippen LogP contribution is -2.43. The van der Waals surface area contributed by atoms with Crippen LogP contribution in [0.25, 0.3) is 11.6 Å². The molecule has 0 fully saturated rings. The van der Waals surface area contributed by atoms with Crippen molar-refractivity contribution in [3.63, 3.8) is 0 Å². The molecule has 8 heteroatoms. The Morgan fingerprint density at radius 3 is 2.02 bits per heavy atom. The highest BCUT2D eigenvalue weighted by Gasteiger charge is 2.25. The fraction of sp³-hybridized carbons (Fsp3) is 0.121. The van der Waals surface area contributed by atoms with Gasteiger partial charge in [0, 0.05) is 17.7 Å². The van der Waals surface area contributed by atoms with Gasteiger partial charge in [-0.2, -0.15) is 0 Å². The van der Waals surface area contributed by atoms with E-state index in [2.05, 4.69) is 10.6 Å². The van der Waals surface area contributed by atoms with Crippen molar-refractivity contribution in [2.24, 2.45) is 0 Å². The smallest absolute Gasteiger partial charge is 0.328 e. The van der Waals surface area contributed by atoms with Crippen molar-refractivity contribution in [1.29, 1.82) is 0 Å². The lowest BCUT2D eigenvalue weighted by atomic mass is 10.0. The molecule has 6 nitrogen and oxygen atoms in total. The summed E-state index contributed by atoms with van der Waals surface area (Å²) in [6, 6.07) is 29.6. The predicted octanol–water partition coefficient (Wildman–Crippen LogP) is 7.08. The van der Waals surface area contributed by atoms with E-state index in [1.54, 1.807) is 55.5 Å². The summed E-state index contributed by atoms with van der Waals surface area (Å²) in [5.74, 6) is -1.39. The van der Waals surface area contributed by atoms with Crippen molar-refractivity contribution >= 4 is 58.3 Å². The molecule has 0 aliphatic heterocycles. The van der Waals surface area contributed by atoms with Crippen LogP contribution < -0.4 is 10.6 Å². The Morgan fingerprint density at radius 1 is 0.805 bits per heavy atom. The number of carbonyl (C=O) groups excluding carboxylic acids is 3. The average Bonchev–Trinajstić information content (AvgIpc) is 2.97. The molecule has 0 aliphatic rings. The van der Waals surface area contributed by atoms with Crippen LogP contribution in [0.3, 0.4) is 0 Å². The van der Waals surface area contributed by atoms with Crippen molar-refractivity contribution in [2.45, 2.75) is 19.4 Å². The number of benzene rings is 4. The Kier molecular flexibility index (Phi) is 10.3. The van der Waals surface area contributed by atoms with Gasteiger partial charge >= 0.3 is 5.97 Å². The highest BCUT2D eigenvalue weighted by Crippen LogP contribution is 2.25. The minimum absolute atomic E-state index is 0.173. The molecule has 0 aliphatic carbocycles. The Balaban J connectivity index is 1.52. The molecule has 4 aromatic carbocycles. The monoisotopic (exact) mass is 586 g/mol. The van der Waals surface area contributed by atoms with Gasteiger partial charge in [-0.1, -0.05) is 102 Å². The van der Waals surface area contributed by atoms with E-state index >= 15 is 0 Å². The number of hydrogen-bond acceptors (Lipinski definition) is 4. The molecule has 0 unspecified atom stereocenters. The largest absolute Gasteiger partial charge is 0.464 e. The Bertz CT molecular complexity index is 1520. The van der Waals surface area contributed by atoms with E-state index in [0.29, 0.717) is 11.3 Å². The van der Waals surface area contributed by atoms with Crippen LogP contribution in [0.5, 0.6) is 0 Å². The third kappa shape index (κ3) is 8.07. The second-order valence-electron chi connectivity index (χ2n) is 9.06. The lowest BCUT2D eigenvalue weighted by molar-refractivity contribution is -0.146. The number of esters is 1. The Hall–Kier alpha value is -4.39. The molecule has 4 rings (SSSR count). The number of carbonyl (C=O) groups is 3. The van der Waals surface area contributed by atoms with E-state index < -0.39 is 23.8 Å². The first-order valence-electron chi connectivity index (χ1n) is 13.0. The highest BCUT2D eigenvalue weighted by atomic mass is 35.5. The summed E-state index contributed by atoms with van der Waals surface area (Å²) in [6.07, 6.45) is 1.97. The van der Waals surface area contributed by atoms with Crippen LogP contribution in [0.4, 0.5) is 5.69 Å². The molecule has 0 heterocycles. The quantitative estimate of drug-likeness (QED) is 0.118. The summed E-state index contributed by atoms with van der Waals surface area (Å²) in [5, 5.41) is 6.14. The van der Waals surface area contributed by atoms with Crippen molar-refractivity contribution < 1.29 is 19.1 Å².